The van der Waals surface area contributed by atoms with Crippen molar-refractivity contribution in [2.75, 3.05) is 20.2 Å². The van der Waals surface area contributed by atoms with Crippen molar-refractivity contribution in [2.24, 2.45) is 5.92 Å². The Labute approximate surface area is 163 Å². The van der Waals surface area contributed by atoms with Gasteiger partial charge < -0.3 is 20.1 Å². The first-order valence-electron chi connectivity index (χ1n) is 10.5. The fraction of sp³-hybridized carbons (Fsp3) is 0.682. The molecule has 2 N–H and O–H groups in total. The van der Waals surface area contributed by atoms with E-state index in [1.54, 1.807) is 7.11 Å². The molecule has 1 amide bonds. The molecule has 0 aromatic heterocycles. The van der Waals surface area contributed by atoms with Gasteiger partial charge in [-0.25, -0.2) is 0 Å². The van der Waals surface area contributed by atoms with Gasteiger partial charge in [0.2, 0.25) is 5.91 Å². The number of rotatable bonds is 8. The van der Waals surface area contributed by atoms with Gasteiger partial charge in [-0.15, -0.1) is 0 Å². The summed E-state index contributed by atoms with van der Waals surface area (Å²) in [5, 5.41) is 6.50. The molecule has 5 nitrogen and oxygen atoms in total. The maximum atomic E-state index is 12.3. The van der Waals surface area contributed by atoms with E-state index in [0.29, 0.717) is 18.4 Å². The van der Waals surface area contributed by atoms with Crippen LogP contribution in [0.15, 0.2) is 18.2 Å². The highest BCUT2D eigenvalue weighted by molar-refractivity contribution is 5.76. The molecule has 1 aromatic rings. The van der Waals surface area contributed by atoms with Gasteiger partial charge in [-0.05, 0) is 88.6 Å². The first-order chi connectivity index (χ1) is 13.2. The number of carbonyl (C=O) groups excluding carboxylic acids is 1. The molecule has 0 bridgehead atoms. The van der Waals surface area contributed by atoms with Crippen LogP contribution in [0.1, 0.15) is 69.9 Å². The summed E-state index contributed by atoms with van der Waals surface area (Å²) < 4.78 is 11.6. The SMILES string of the molecule is COc1cc(C(C)NC(=O)CCC2CCNCC2)ccc1OC1CCCC1. The average molecular weight is 375 g/mol. The molecular weight excluding hydrogens is 340 g/mol. The summed E-state index contributed by atoms with van der Waals surface area (Å²) in [5.41, 5.74) is 1.04. The van der Waals surface area contributed by atoms with Gasteiger partial charge in [0.1, 0.15) is 0 Å². The van der Waals surface area contributed by atoms with Crippen molar-refractivity contribution in [1.82, 2.24) is 10.6 Å². The summed E-state index contributed by atoms with van der Waals surface area (Å²) >= 11 is 0. The molecule has 1 aromatic carbocycles. The second-order valence-electron chi connectivity index (χ2n) is 7.96. The van der Waals surface area contributed by atoms with Gasteiger partial charge in [0, 0.05) is 6.42 Å². The summed E-state index contributed by atoms with van der Waals surface area (Å²) in [7, 11) is 1.67. The Bertz CT molecular complexity index is 608. The fourth-order valence-corrected chi connectivity index (χ4v) is 4.14. The van der Waals surface area contributed by atoms with Crippen molar-refractivity contribution in [1.29, 1.82) is 0 Å². The number of piperidine rings is 1. The Morgan fingerprint density at radius 2 is 1.93 bits per heavy atom. The van der Waals surface area contributed by atoms with E-state index in [4.69, 9.17) is 9.47 Å². The van der Waals surface area contributed by atoms with Gasteiger partial charge in [0.05, 0.1) is 19.3 Å². The Kier molecular flexibility index (Phi) is 7.39. The molecule has 1 saturated carbocycles. The Morgan fingerprint density at radius 3 is 2.63 bits per heavy atom. The maximum absolute atomic E-state index is 12.3. The Morgan fingerprint density at radius 1 is 1.19 bits per heavy atom. The van der Waals surface area contributed by atoms with Crippen molar-refractivity contribution in [3.63, 3.8) is 0 Å². The van der Waals surface area contributed by atoms with Crippen LogP contribution in [-0.2, 0) is 4.79 Å². The van der Waals surface area contributed by atoms with Crippen molar-refractivity contribution < 1.29 is 14.3 Å². The number of nitrogens with one attached hydrogen (secondary N) is 2. The molecule has 0 spiro atoms. The van der Waals surface area contributed by atoms with Gasteiger partial charge >= 0.3 is 0 Å². The molecule has 0 radical (unpaired) electrons. The third-order valence-electron chi connectivity index (χ3n) is 5.90. The first-order valence-corrected chi connectivity index (χ1v) is 10.5. The van der Waals surface area contributed by atoms with Crippen LogP contribution in [0.4, 0.5) is 0 Å². The standard InChI is InChI=1S/C22H34N2O3/c1-16(24-22(25)10-7-17-11-13-23-14-12-17)18-8-9-20(21(15-18)26-2)27-19-5-3-4-6-19/h8-9,15-17,19,23H,3-7,10-14H2,1-2H3,(H,24,25). The largest absolute Gasteiger partial charge is 0.493 e. The zero-order chi connectivity index (χ0) is 19.1. The van der Waals surface area contributed by atoms with E-state index in [9.17, 15) is 4.79 Å². The Balaban J connectivity index is 1.52. The van der Waals surface area contributed by atoms with Crippen molar-refractivity contribution >= 4 is 5.91 Å². The van der Waals surface area contributed by atoms with Gasteiger partial charge in [0.25, 0.3) is 0 Å². The minimum absolute atomic E-state index is 0.0417. The van der Waals surface area contributed by atoms with E-state index < -0.39 is 0 Å². The lowest BCUT2D eigenvalue weighted by Gasteiger charge is -2.23. The molecule has 1 heterocycles. The highest BCUT2D eigenvalue weighted by Crippen LogP contribution is 2.33. The highest BCUT2D eigenvalue weighted by atomic mass is 16.5. The molecule has 1 aliphatic heterocycles. The molecule has 3 rings (SSSR count). The summed E-state index contributed by atoms with van der Waals surface area (Å²) in [6.07, 6.45) is 8.98. The normalized spacial score (nSPS) is 19.6. The van der Waals surface area contributed by atoms with Crippen LogP contribution in [0.2, 0.25) is 0 Å². The summed E-state index contributed by atoms with van der Waals surface area (Å²) in [4.78, 5) is 12.3. The number of hydrogen-bond acceptors (Lipinski definition) is 4. The molecule has 5 heteroatoms. The zero-order valence-electron chi connectivity index (χ0n) is 16.8. The number of methoxy groups -OCH3 is 1. The van der Waals surface area contributed by atoms with E-state index in [-0.39, 0.29) is 11.9 Å². The molecule has 1 unspecified atom stereocenters. The van der Waals surface area contributed by atoms with Crippen LogP contribution in [0.5, 0.6) is 11.5 Å². The van der Waals surface area contributed by atoms with E-state index in [2.05, 4.69) is 10.6 Å². The van der Waals surface area contributed by atoms with Gasteiger partial charge in [-0.3, -0.25) is 4.79 Å². The lowest BCUT2D eigenvalue weighted by molar-refractivity contribution is -0.122. The second-order valence-corrected chi connectivity index (χ2v) is 7.96. The van der Waals surface area contributed by atoms with Crippen LogP contribution in [0.3, 0.4) is 0 Å². The molecule has 150 valence electrons. The molecule has 2 aliphatic rings. The van der Waals surface area contributed by atoms with Crippen LogP contribution in [-0.4, -0.2) is 32.2 Å². The van der Waals surface area contributed by atoms with Crippen LogP contribution in [0, 0.1) is 5.92 Å². The minimum atomic E-state index is -0.0417. The highest BCUT2D eigenvalue weighted by Gasteiger charge is 2.20. The number of benzene rings is 1. The first kappa shape index (κ1) is 20.0. The van der Waals surface area contributed by atoms with Crippen LogP contribution >= 0.6 is 0 Å². The number of amides is 1. The van der Waals surface area contributed by atoms with Crippen LogP contribution in [0.25, 0.3) is 0 Å². The fourth-order valence-electron chi connectivity index (χ4n) is 4.14. The number of hydrogen-bond donors (Lipinski definition) is 2. The van der Waals surface area contributed by atoms with E-state index in [0.717, 1.165) is 49.4 Å². The molecule has 27 heavy (non-hydrogen) atoms. The molecule has 2 fully saturated rings. The number of ether oxygens (including phenoxy) is 2. The minimum Gasteiger partial charge on any atom is -0.493 e. The lowest BCUT2D eigenvalue weighted by Crippen LogP contribution is -2.30. The zero-order valence-corrected chi connectivity index (χ0v) is 16.8. The van der Waals surface area contributed by atoms with Crippen molar-refractivity contribution in [3.8, 4) is 11.5 Å². The Hall–Kier alpha value is -1.75. The van der Waals surface area contributed by atoms with E-state index in [1.165, 1.54) is 25.7 Å². The van der Waals surface area contributed by atoms with Crippen molar-refractivity contribution in [3.05, 3.63) is 23.8 Å². The third-order valence-corrected chi connectivity index (χ3v) is 5.90. The molecule has 1 saturated heterocycles. The van der Waals surface area contributed by atoms with Gasteiger partial charge in [-0.2, -0.15) is 0 Å². The average Bonchev–Trinajstić information content (AvgIpc) is 3.20. The molecule has 1 aliphatic carbocycles. The second kappa shape index (κ2) is 9.98. The molecular formula is C22H34N2O3. The molecule has 1 atom stereocenters. The van der Waals surface area contributed by atoms with Gasteiger partial charge in [0.15, 0.2) is 11.5 Å². The number of carbonyl (C=O) groups is 1. The predicted octanol–water partition coefficient (Wildman–Crippen LogP) is 3.97. The van der Waals surface area contributed by atoms with Crippen molar-refractivity contribution in [2.45, 2.75) is 70.4 Å². The quantitative estimate of drug-likeness (QED) is 0.723. The van der Waals surface area contributed by atoms with Crippen LogP contribution < -0.4 is 20.1 Å². The predicted molar refractivity (Wildman–Crippen MR) is 107 cm³/mol. The topological polar surface area (TPSA) is 59.6 Å². The van der Waals surface area contributed by atoms with E-state index >= 15 is 0 Å². The maximum Gasteiger partial charge on any atom is 0.220 e. The smallest absolute Gasteiger partial charge is 0.220 e. The summed E-state index contributed by atoms with van der Waals surface area (Å²) in [6, 6.07) is 5.96. The third kappa shape index (κ3) is 5.86. The summed E-state index contributed by atoms with van der Waals surface area (Å²) in [6.45, 7) is 4.18. The monoisotopic (exact) mass is 374 g/mol. The van der Waals surface area contributed by atoms with Gasteiger partial charge in [-0.1, -0.05) is 6.07 Å². The lowest BCUT2D eigenvalue weighted by atomic mass is 9.93. The van der Waals surface area contributed by atoms with E-state index in [1.807, 2.05) is 25.1 Å². The summed E-state index contributed by atoms with van der Waals surface area (Å²) in [5.74, 6) is 2.36.